The number of rotatable bonds is 1. The Balaban J connectivity index is 2.52. The smallest absolute Gasteiger partial charge is 0.00210 e. The molecule has 0 spiro atoms. The van der Waals surface area contributed by atoms with E-state index in [1.165, 1.54) is 23.1 Å². The van der Waals surface area contributed by atoms with Crippen LogP contribution in [0.4, 0.5) is 0 Å². The molecule has 1 unspecified atom stereocenters. The minimum Gasteiger partial charge on any atom is -0.0775 e. The third-order valence-electron chi connectivity index (χ3n) is 3.45. The maximum atomic E-state index is 2.44. The Morgan fingerprint density at radius 3 is 2.43 bits per heavy atom. The summed E-state index contributed by atoms with van der Waals surface area (Å²) in [7, 11) is 0. The molecular formula is C14H18. The van der Waals surface area contributed by atoms with Gasteiger partial charge in [-0.25, -0.2) is 0 Å². The lowest BCUT2D eigenvalue weighted by atomic mass is 9.78. The molecule has 0 fully saturated rings. The third-order valence-corrected chi connectivity index (χ3v) is 3.45. The number of hydrogen-bond acceptors (Lipinski definition) is 0. The molecule has 1 aliphatic carbocycles. The minimum atomic E-state index is 0.606. The summed E-state index contributed by atoms with van der Waals surface area (Å²) in [6.07, 6.45) is 3.65. The van der Waals surface area contributed by atoms with Crippen molar-refractivity contribution in [3.05, 3.63) is 47.0 Å². The molecule has 0 bridgehead atoms. The number of fused-ring (bicyclic) bond motifs is 1. The molecule has 74 valence electrons. The van der Waals surface area contributed by atoms with Crippen LogP contribution in [-0.2, 0) is 0 Å². The first kappa shape index (κ1) is 9.51. The molecule has 0 N–H and O–H groups in total. The van der Waals surface area contributed by atoms with Crippen molar-refractivity contribution in [2.45, 2.75) is 39.0 Å². The van der Waals surface area contributed by atoms with Gasteiger partial charge in [-0.3, -0.25) is 0 Å². The predicted octanol–water partition coefficient (Wildman–Crippen LogP) is 4.24. The van der Waals surface area contributed by atoms with Crippen LogP contribution in [0.1, 0.15) is 50.2 Å². The van der Waals surface area contributed by atoms with E-state index in [2.05, 4.69) is 51.1 Å². The zero-order chi connectivity index (χ0) is 10.1. The van der Waals surface area contributed by atoms with Gasteiger partial charge in [-0.05, 0) is 24.5 Å². The highest BCUT2D eigenvalue weighted by Crippen LogP contribution is 2.38. The van der Waals surface area contributed by atoms with E-state index in [0.29, 0.717) is 11.8 Å². The van der Waals surface area contributed by atoms with Gasteiger partial charge in [0.15, 0.2) is 0 Å². The summed E-state index contributed by atoms with van der Waals surface area (Å²) in [4.78, 5) is 0. The van der Waals surface area contributed by atoms with Crippen molar-refractivity contribution in [3.8, 4) is 0 Å². The molecule has 1 aliphatic rings. The second-order valence-electron chi connectivity index (χ2n) is 4.28. The molecule has 0 aliphatic heterocycles. The minimum absolute atomic E-state index is 0.606. The summed E-state index contributed by atoms with van der Waals surface area (Å²) in [5.41, 5.74) is 4.59. The Kier molecular flexibility index (Phi) is 2.45. The number of allylic oxidation sites excluding steroid dienone is 2. The lowest BCUT2D eigenvalue weighted by Crippen LogP contribution is -2.10. The van der Waals surface area contributed by atoms with E-state index < -0.39 is 0 Å². The van der Waals surface area contributed by atoms with Gasteiger partial charge in [0.1, 0.15) is 0 Å². The first-order valence-corrected chi connectivity index (χ1v) is 5.51. The first-order valence-electron chi connectivity index (χ1n) is 5.51. The second-order valence-corrected chi connectivity index (χ2v) is 4.28. The zero-order valence-electron chi connectivity index (χ0n) is 9.25. The molecule has 1 aromatic carbocycles. The summed E-state index contributed by atoms with van der Waals surface area (Å²) < 4.78 is 0. The first-order chi connectivity index (χ1) is 6.74. The molecule has 0 radical (unpaired) electrons. The van der Waals surface area contributed by atoms with Crippen molar-refractivity contribution < 1.29 is 0 Å². The van der Waals surface area contributed by atoms with Crippen LogP contribution in [0.5, 0.6) is 0 Å². The average Bonchev–Trinajstić information content (AvgIpc) is 2.23. The fourth-order valence-corrected chi connectivity index (χ4v) is 2.38. The Morgan fingerprint density at radius 1 is 1.14 bits per heavy atom. The Bertz CT molecular complexity index is 360. The Labute approximate surface area is 86.7 Å². The quantitative estimate of drug-likeness (QED) is 0.575. The van der Waals surface area contributed by atoms with Crippen LogP contribution in [0.25, 0.3) is 0 Å². The maximum Gasteiger partial charge on any atom is 0.00210 e. The van der Waals surface area contributed by atoms with Crippen molar-refractivity contribution >= 4 is 0 Å². The largest absolute Gasteiger partial charge is 0.0775 e. The third kappa shape index (κ3) is 1.39. The second kappa shape index (κ2) is 3.61. The van der Waals surface area contributed by atoms with Gasteiger partial charge in [-0.1, -0.05) is 49.8 Å². The maximum absolute atomic E-state index is 2.44. The van der Waals surface area contributed by atoms with Gasteiger partial charge >= 0.3 is 0 Å². The monoisotopic (exact) mass is 186 g/mol. The van der Waals surface area contributed by atoms with E-state index in [1.807, 2.05) is 0 Å². The van der Waals surface area contributed by atoms with E-state index in [1.54, 1.807) is 0 Å². The SMILES string of the molecule is CCC1C=C(C)[C@H](C)c2ccccc21. The molecule has 0 amide bonds. The van der Waals surface area contributed by atoms with Crippen molar-refractivity contribution in [1.29, 1.82) is 0 Å². The zero-order valence-corrected chi connectivity index (χ0v) is 9.25. The van der Waals surface area contributed by atoms with Crippen LogP contribution >= 0.6 is 0 Å². The van der Waals surface area contributed by atoms with Crippen LogP contribution in [0.15, 0.2) is 35.9 Å². The number of hydrogen-bond donors (Lipinski definition) is 0. The van der Waals surface area contributed by atoms with Gasteiger partial charge in [0.2, 0.25) is 0 Å². The van der Waals surface area contributed by atoms with Gasteiger partial charge in [-0.15, -0.1) is 0 Å². The molecular weight excluding hydrogens is 168 g/mol. The Morgan fingerprint density at radius 2 is 1.79 bits per heavy atom. The van der Waals surface area contributed by atoms with Crippen molar-refractivity contribution in [2.75, 3.05) is 0 Å². The van der Waals surface area contributed by atoms with Crippen LogP contribution in [-0.4, -0.2) is 0 Å². The Hall–Kier alpha value is -1.04. The summed E-state index contributed by atoms with van der Waals surface area (Å²) >= 11 is 0. The van der Waals surface area contributed by atoms with E-state index in [0.717, 1.165) is 0 Å². The highest BCUT2D eigenvalue weighted by Gasteiger charge is 2.21. The van der Waals surface area contributed by atoms with Gasteiger partial charge in [0.05, 0.1) is 0 Å². The predicted molar refractivity (Wildman–Crippen MR) is 61.6 cm³/mol. The van der Waals surface area contributed by atoms with Crippen molar-refractivity contribution in [1.82, 2.24) is 0 Å². The highest BCUT2D eigenvalue weighted by atomic mass is 14.3. The normalized spacial score (nSPS) is 25.5. The summed E-state index contributed by atoms with van der Waals surface area (Å²) in [5.74, 6) is 1.25. The van der Waals surface area contributed by atoms with Crippen molar-refractivity contribution in [3.63, 3.8) is 0 Å². The van der Waals surface area contributed by atoms with Gasteiger partial charge < -0.3 is 0 Å². The lowest BCUT2D eigenvalue weighted by molar-refractivity contribution is 0.723. The molecule has 14 heavy (non-hydrogen) atoms. The summed E-state index contributed by atoms with van der Waals surface area (Å²) in [5, 5.41) is 0. The van der Waals surface area contributed by atoms with Gasteiger partial charge in [-0.2, -0.15) is 0 Å². The molecule has 2 rings (SSSR count). The van der Waals surface area contributed by atoms with Crippen LogP contribution in [0.2, 0.25) is 0 Å². The van der Waals surface area contributed by atoms with Crippen LogP contribution < -0.4 is 0 Å². The molecule has 2 atom stereocenters. The molecule has 0 saturated carbocycles. The van der Waals surface area contributed by atoms with E-state index in [9.17, 15) is 0 Å². The molecule has 0 heterocycles. The van der Waals surface area contributed by atoms with E-state index in [4.69, 9.17) is 0 Å². The topological polar surface area (TPSA) is 0 Å². The van der Waals surface area contributed by atoms with Gasteiger partial charge in [0, 0.05) is 11.8 Å². The fraction of sp³-hybridized carbons (Fsp3) is 0.429. The standard InChI is InChI=1S/C14H18/c1-4-12-9-10(2)11(3)13-7-5-6-8-14(12)13/h5-9,11-12H,4H2,1-3H3/t11-,12?/m0/s1. The van der Waals surface area contributed by atoms with E-state index >= 15 is 0 Å². The van der Waals surface area contributed by atoms with Crippen molar-refractivity contribution in [2.24, 2.45) is 0 Å². The van der Waals surface area contributed by atoms with Crippen LogP contribution in [0, 0.1) is 0 Å². The highest BCUT2D eigenvalue weighted by molar-refractivity contribution is 5.43. The fourth-order valence-electron chi connectivity index (χ4n) is 2.38. The summed E-state index contributed by atoms with van der Waals surface area (Å²) in [6, 6.07) is 8.87. The van der Waals surface area contributed by atoms with Gasteiger partial charge in [0.25, 0.3) is 0 Å². The molecule has 1 aromatic rings. The molecule has 0 nitrogen and oxygen atoms in total. The lowest BCUT2D eigenvalue weighted by Gasteiger charge is -2.27. The molecule has 0 aromatic heterocycles. The van der Waals surface area contributed by atoms with Crippen LogP contribution in [0.3, 0.4) is 0 Å². The average molecular weight is 186 g/mol. The van der Waals surface area contributed by atoms with E-state index in [-0.39, 0.29) is 0 Å². The molecule has 0 saturated heterocycles. The summed E-state index contributed by atoms with van der Waals surface area (Å²) in [6.45, 7) is 6.82. The molecule has 0 heteroatoms. The number of benzene rings is 1.